The second-order valence-corrected chi connectivity index (χ2v) is 9.10. The molecule has 1 atom stereocenters. The lowest BCUT2D eigenvalue weighted by Gasteiger charge is -2.30. The van der Waals surface area contributed by atoms with Gasteiger partial charge in [-0.2, -0.15) is 0 Å². The first-order valence-electron chi connectivity index (χ1n) is 10.1. The molecule has 3 aliphatic heterocycles. The number of Topliss-reactive ketones (excluding diaryl/α,β-unsaturated/α-hetero) is 1. The molecular formula is C22H25ClN4O2S. The third-order valence-electron chi connectivity index (χ3n) is 5.87. The fourth-order valence-corrected chi connectivity index (χ4v) is 5.63. The van der Waals surface area contributed by atoms with Gasteiger partial charge in [-0.05, 0) is 58.0 Å². The first-order chi connectivity index (χ1) is 14.5. The first kappa shape index (κ1) is 21.2. The van der Waals surface area contributed by atoms with Crippen LogP contribution in [0.1, 0.15) is 26.2 Å². The number of nitrogens with zero attached hydrogens (tertiary/aromatic N) is 3. The van der Waals surface area contributed by atoms with E-state index in [1.165, 1.54) is 18.2 Å². The Balaban J connectivity index is 1.66. The van der Waals surface area contributed by atoms with E-state index in [0.717, 1.165) is 30.0 Å². The Morgan fingerprint density at radius 3 is 2.90 bits per heavy atom. The highest BCUT2D eigenvalue weighted by atomic mass is 35.5. The summed E-state index contributed by atoms with van der Waals surface area (Å²) in [4.78, 5) is 35.9. The van der Waals surface area contributed by atoms with Gasteiger partial charge in [-0.1, -0.05) is 29.4 Å². The van der Waals surface area contributed by atoms with Crippen molar-refractivity contribution in [1.82, 2.24) is 10.2 Å². The normalized spacial score (nSPS) is 24.1. The van der Waals surface area contributed by atoms with Crippen molar-refractivity contribution < 1.29 is 9.59 Å². The van der Waals surface area contributed by atoms with Crippen molar-refractivity contribution in [3.8, 4) is 0 Å². The fraction of sp³-hybridized carbons (Fsp3) is 0.409. The number of likely N-dealkylation sites (tertiary alicyclic amines) is 1. The second-order valence-electron chi connectivity index (χ2n) is 7.63. The molecule has 6 nitrogen and oxygen atoms in total. The number of anilines is 1. The largest absolute Gasteiger partial charge is 0.352 e. The molecule has 3 aliphatic rings. The van der Waals surface area contributed by atoms with Crippen molar-refractivity contribution in [2.45, 2.75) is 37.1 Å². The van der Waals surface area contributed by atoms with Crippen LogP contribution in [-0.2, 0) is 9.59 Å². The molecule has 0 aliphatic carbocycles. The lowest BCUT2D eigenvalue weighted by atomic mass is 9.97. The molecule has 0 radical (unpaired) electrons. The number of rotatable bonds is 4. The SMILES string of the molecule is C/C=C1/C(=O)C(C(=O)NCCC2CCCN2C)=C2Sc3ccc(Cl)cc3N2C1=NC. The minimum Gasteiger partial charge on any atom is -0.352 e. The maximum Gasteiger partial charge on any atom is 0.258 e. The molecule has 1 amide bonds. The van der Waals surface area contributed by atoms with Gasteiger partial charge in [0.1, 0.15) is 16.4 Å². The number of hydrogen-bond donors (Lipinski definition) is 1. The standard InChI is InChI=1S/C22H25ClN4O2S/c1-4-15-19(28)18(21(29)25-10-9-14-6-5-11-26(14)3)22-27(20(15)24-2)16-12-13(23)7-8-17(16)30-22/h4,7-8,12,14H,5-6,9-11H2,1-3H3,(H,25,29)/b15-4-,24-20?. The zero-order valence-corrected chi connectivity index (χ0v) is 18.9. The summed E-state index contributed by atoms with van der Waals surface area (Å²) < 4.78 is 0. The number of ketones is 1. The summed E-state index contributed by atoms with van der Waals surface area (Å²) in [6.07, 6.45) is 4.94. The number of carbonyl (C=O) groups is 2. The molecule has 1 aromatic carbocycles. The quantitative estimate of drug-likeness (QED) is 0.567. The van der Waals surface area contributed by atoms with Gasteiger partial charge in [0, 0.05) is 29.6 Å². The number of amides is 1. The molecule has 1 unspecified atom stereocenters. The Morgan fingerprint density at radius 2 is 2.23 bits per heavy atom. The van der Waals surface area contributed by atoms with Gasteiger partial charge in [0.15, 0.2) is 0 Å². The summed E-state index contributed by atoms with van der Waals surface area (Å²) in [6.45, 7) is 3.43. The number of thioether (sulfide) groups is 1. The van der Waals surface area contributed by atoms with Gasteiger partial charge in [0.05, 0.1) is 11.3 Å². The molecule has 1 fully saturated rings. The van der Waals surface area contributed by atoms with Crippen molar-refractivity contribution in [2.24, 2.45) is 4.99 Å². The van der Waals surface area contributed by atoms with Crippen molar-refractivity contribution in [3.05, 3.63) is 45.5 Å². The van der Waals surface area contributed by atoms with E-state index in [2.05, 4.69) is 22.3 Å². The van der Waals surface area contributed by atoms with Crippen LogP contribution in [0.4, 0.5) is 5.69 Å². The van der Waals surface area contributed by atoms with Crippen LogP contribution in [0.25, 0.3) is 0 Å². The van der Waals surface area contributed by atoms with Gasteiger partial charge in [-0.15, -0.1) is 0 Å². The number of benzene rings is 1. The smallest absolute Gasteiger partial charge is 0.258 e. The number of allylic oxidation sites excluding steroid dienone is 1. The Hall–Kier alpha value is -2.09. The Morgan fingerprint density at radius 1 is 1.43 bits per heavy atom. The second kappa shape index (κ2) is 8.57. The maximum atomic E-state index is 13.3. The Bertz CT molecular complexity index is 1000. The number of amidine groups is 1. The van der Waals surface area contributed by atoms with E-state index in [1.807, 2.05) is 23.1 Å². The predicted molar refractivity (Wildman–Crippen MR) is 122 cm³/mol. The summed E-state index contributed by atoms with van der Waals surface area (Å²) in [6, 6.07) is 6.05. The van der Waals surface area contributed by atoms with E-state index in [-0.39, 0.29) is 17.3 Å². The maximum absolute atomic E-state index is 13.3. The molecule has 0 aromatic heterocycles. The minimum absolute atomic E-state index is 0.174. The summed E-state index contributed by atoms with van der Waals surface area (Å²) in [5.74, 6) is -0.0806. The number of fused-ring (bicyclic) bond motifs is 3. The number of carbonyl (C=O) groups excluding carboxylic acids is 2. The van der Waals surface area contributed by atoms with Crippen LogP contribution in [0.2, 0.25) is 5.02 Å². The highest BCUT2D eigenvalue weighted by Gasteiger charge is 2.43. The predicted octanol–water partition coefficient (Wildman–Crippen LogP) is 3.62. The molecule has 0 bridgehead atoms. The average Bonchev–Trinajstić information content (AvgIpc) is 3.29. The zero-order chi connectivity index (χ0) is 21.4. The van der Waals surface area contributed by atoms with Crippen LogP contribution in [-0.4, -0.2) is 55.7 Å². The van der Waals surface area contributed by atoms with Crippen molar-refractivity contribution in [3.63, 3.8) is 0 Å². The van der Waals surface area contributed by atoms with E-state index in [4.69, 9.17) is 11.6 Å². The van der Waals surface area contributed by atoms with Gasteiger partial charge in [-0.3, -0.25) is 19.5 Å². The van der Waals surface area contributed by atoms with E-state index >= 15 is 0 Å². The van der Waals surface area contributed by atoms with Crippen LogP contribution in [0.15, 0.2) is 50.3 Å². The molecule has 0 spiro atoms. The summed E-state index contributed by atoms with van der Waals surface area (Å²) in [5, 5.41) is 4.17. The van der Waals surface area contributed by atoms with Crippen molar-refractivity contribution >= 4 is 46.6 Å². The van der Waals surface area contributed by atoms with E-state index in [0.29, 0.717) is 34.0 Å². The molecular weight excluding hydrogens is 420 g/mol. The van der Waals surface area contributed by atoms with Gasteiger partial charge < -0.3 is 10.2 Å². The van der Waals surface area contributed by atoms with Gasteiger partial charge in [-0.25, -0.2) is 0 Å². The average molecular weight is 445 g/mol. The molecule has 0 saturated carbocycles. The lowest BCUT2D eigenvalue weighted by Crippen LogP contribution is -2.43. The van der Waals surface area contributed by atoms with E-state index < -0.39 is 0 Å². The lowest BCUT2D eigenvalue weighted by molar-refractivity contribution is -0.121. The Kier molecular flexibility index (Phi) is 6.04. The molecule has 1 saturated heterocycles. The highest BCUT2D eigenvalue weighted by Crippen LogP contribution is 2.51. The van der Waals surface area contributed by atoms with Crippen molar-refractivity contribution in [1.29, 1.82) is 0 Å². The molecule has 158 valence electrons. The van der Waals surface area contributed by atoms with E-state index in [9.17, 15) is 9.59 Å². The zero-order valence-electron chi connectivity index (χ0n) is 17.4. The molecule has 4 rings (SSSR count). The summed E-state index contributed by atoms with van der Waals surface area (Å²) in [7, 11) is 3.77. The van der Waals surface area contributed by atoms with Crippen LogP contribution >= 0.6 is 23.4 Å². The topological polar surface area (TPSA) is 65.0 Å². The molecule has 1 N–H and O–H groups in total. The molecule has 1 aromatic rings. The van der Waals surface area contributed by atoms with Gasteiger partial charge >= 0.3 is 0 Å². The molecule has 3 heterocycles. The van der Waals surface area contributed by atoms with Crippen LogP contribution in [0, 0.1) is 0 Å². The first-order valence-corrected chi connectivity index (χ1v) is 11.3. The molecule has 8 heteroatoms. The minimum atomic E-state index is -0.332. The number of nitrogens with one attached hydrogen (secondary N) is 1. The third-order valence-corrected chi connectivity index (χ3v) is 7.25. The number of aliphatic imine (C=N–C) groups is 1. The van der Waals surface area contributed by atoms with E-state index in [1.54, 1.807) is 20.0 Å². The summed E-state index contributed by atoms with van der Waals surface area (Å²) >= 11 is 7.64. The van der Waals surface area contributed by atoms with Gasteiger partial charge in [0.2, 0.25) is 5.78 Å². The highest BCUT2D eigenvalue weighted by molar-refractivity contribution is 8.04. The molecule has 30 heavy (non-hydrogen) atoms. The fourth-order valence-electron chi connectivity index (χ4n) is 4.30. The number of hydrogen-bond acceptors (Lipinski definition) is 5. The van der Waals surface area contributed by atoms with Crippen LogP contribution in [0.5, 0.6) is 0 Å². The Labute approximate surface area is 186 Å². The monoisotopic (exact) mass is 444 g/mol. The van der Waals surface area contributed by atoms with Crippen molar-refractivity contribution in [2.75, 3.05) is 32.1 Å². The van der Waals surface area contributed by atoms with Crippen LogP contribution < -0.4 is 10.2 Å². The third kappa shape index (κ3) is 3.59. The number of halogens is 1. The van der Waals surface area contributed by atoms with Gasteiger partial charge in [0.25, 0.3) is 5.91 Å². The van der Waals surface area contributed by atoms with Crippen LogP contribution in [0.3, 0.4) is 0 Å². The summed E-state index contributed by atoms with van der Waals surface area (Å²) in [5.41, 5.74) is 1.44.